The van der Waals surface area contributed by atoms with Crippen LogP contribution in [0.3, 0.4) is 0 Å². The number of ether oxygens (including phenoxy) is 1. The van der Waals surface area contributed by atoms with Crippen LogP contribution in [-0.2, 0) is 4.74 Å². The molecule has 2 N–H and O–H groups in total. The van der Waals surface area contributed by atoms with Crippen molar-refractivity contribution in [1.82, 2.24) is 10.2 Å². The third kappa shape index (κ3) is 5.18. The Labute approximate surface area is 153 Å². The van der Waals surface area contributed by atoms with Gasteiger partial charge in [0.2, 0.25) is 0 Å². The minimum absolute atomic E-state index is 0.101. The minimum Gasteiger partial charge on any atom is -0.392 e. The van der Waals surface area contributed by atoms with Crippen LogP contribution in [0.4, 0.5) is 0 Å². The van der Waals surface area contributed by atoms with Crippen LogP contribution in [0.25, 0.3) is 0 Å². The van der Waals surface area contributed by atoms with E-state index in [1.54, 1.807) is 0 Å². The zero-order chi connectivity index (χ0) is 17.1. The fraction of sp³-hybridized carbons (Fsp3) is 1.00. The molecule has 25 heavy (non-hydrogen) atoms. The van der Waals surface area contributed by atoms with E-state index in [9.17, 15) is 5.11 Å². The molecule has 4 heteroatoms. The van der Waals surface area contributed by atoms with Gasteiger partial charge in [0.05, 0.1) is 6.10 Å². The fourth-order valence-electron chi connectivity index (χ4n) is 5.23. The molecule has 0 aromatic carbocycles. The maximum absolute atomic E-state index is 10.0. The van der Waals surface area contributed by atoms with Crippen molar-refractivity contribution in [3.8, 4) is 0 Å². The first-order valence-corrected chi connectivity index (χ1v) is 11.0. The second-order valence-electron chi connectivity index (χ2n) is 9.24. The summed E-state index contributed by atoms with van der Waals surface area (Å²) < 4.78 is 5.92. The van der Waals surface area contributed by atoms with Crippen molar-refractivity contribution >= 4 is 0 Å². The highest BCUT2D eigenvalue weighted by atomic mass is 16.5. The van der Waals surface area contributed by atoms with Crippen LogP contribution in [0.1, 0.15) is 70.6 Å². The third-order valence-electron chi connectivity index (χ3n) is 7.20. The van der Waals surface area contributed by atoms with E-state index in [-0.39, 0.29) is 6.10 Å². The predicted molar refractivity (Wildman–Crippen MR) is 101 cm³/mol. The molecule has 0 aromatic rings. The highest BCUT2D eigenvalue weighted by Crippen LogP contribution is 2.32. The Balaban J connectivity index is 1.11. The normalized spacial score (nSPS) is 38.3. The van der Waals surface area contributed by atoms with Gasteiger partial charge in [0.15, 0.2) is 0 Å². The smallest absolute Gasteiger partial charge is 0.0693 e. The van der Waals surface area contributed by atoms with Gasteiger partial charge in [-0.3, -0.25) is 0 Å². The minimum atomic E-state index is -0.101. The number of piperidine rings is 1. The van der Waals surface area contributed by atoms with Gasteiger partial charge in [0.25, 0.3) is 0 Å². The maximum Gasteiger partial charge on any atom is 0.0693 e. The molecule has 1 aliphatic heterocycles. The van der Waals surface area contributed by atoms with Gasteiger partial charge in [0.1, 0.15) is 0 Å². The Bertz CT molecular complexity index is 399. The van der Waals surface area contributed by atoms with Crippen LogP contribution >= 0.6 is 0 Å². The van der Waals surface area contributed by atoms with Crippen LogP contribution in [-0.4, -0.2) is 60.5 Å². The second-order valence-corrected chi connectivity index (χ2v) is 9.24. The monoisotopic (exact) mass is 350 g/mol. The number of hydrogen-bond acceptors (Lipinski definition) is 4. The van der Waals surface area contributed by atoms with Crippen LogP contribution in [0, 0.1) is 11.8 Å². The average Bonchev–Trinajstić information content (AvgIpc) is 3.38. The third-order valence-corrected chi connectivity index (χ3v) is 7.20. The van der Waals surface area contributed by atoms with Crippen LogP contribution in [0.15, 0.2) is 0 Å². The summed E-state index contributed by atoms with van der Waals surface area (Å²) in [5, 5.41) is 13.8. The van der Waals surface area contributed by atoms with Gasteiger partial charge in [-0.25, -0.2) is 0 Å². The number of hydrogen-bond donors (Lipinski definition) is 2. The van der Waals surface area contributed by atoms with Crippen molar-refractivity contribution in [2.75, 3.05) is 26.3 Å². The summed E-state index contributed by atoms with van der Waals surface area (Å²) in [4.78, 5) is 2.75. The second kappa shape index (κ2) is 8.69. The fourth-order valence-corrected chi connectivity index (χ4v) is 5.23. The summed E-state index contributed by atoms with van der Waals surface area (Å²) in [6, 6.07) is 1.81. The standard InChI is InChI=1S/C21H38N2O2/c24-21-3-1-2-20(21)22-18-10-12-23(13-11-18)19-8-6-17(7-9-19)15-25-14-16-4-5-16/h16-22,24H,1-15H2/t17-,19+,20-,21+/m0/s1. The molecule has 0 amide bonds. The lowest BCUT2D eigenvalue weighted by atomic mass is 9.85. The summed E-state index contributed by atoms with van der Waals surface area (Å²) >= 11 is 0. The summed E-state index contributed by atoms with van der Waals surface area (Å²) in [6.45, 7) is 4.52. The van der Waals surface area contributed by atoms with E-state index in [4.69, 9.17) is 4.74 Å². The Morgan fingerprint density at radius 2 is 1.44 bits per heavy atom. The largest absolute Gasteiger partial charge is 0.392 e. The van der Waals surface area contributed by atoms with Crippen molar-refractivity contribution in [3.05, 3.63) is 0 Å². The van der Waals surface area contributed by atoms with E-state index in [0.29, 0.717) is 12.1 Å². The molecule has 0 radical (unpaired) electrons. The van der Waals surface area contributed by atoms with Crippen LogP contribution < -0.4 is 5.32 Å². The Morgan fingerprint density at radius 3 is 2.00 bits per heavy atom. The quantitative estimate of drug-likeness (QED) is 0.741. The molecular formula is C21H38N2O2. The molecule has 2 atom stereocenters. The molecule has 1 saturated heterocycles. The lowest BCUT2D eigenvalue weighted by Crippen LogP contribution is -2.51. The number of rotatable bonds is 7. The topological polar surface area (TPSA) is 44.7 Å². The first kappa shape index (κ1) is 18.2. The Kier molecular flexibility index (Phi) is 6.33. The zero-order valence-electron chi connectivity index (χ0n) is 15.9. The number of nitrogens with zero attached hydrogens (tertiary/aromatic N) is 1. The SMILES string of the molecule is O[C@@H]1CCC[C@@H]1NC1CCN([C@H]2CC[C@@H](COCC3CC3)CC2)CC1. The molecular weight excluding hydrogens is 312 g/mol. The van der Waals surface area contributed by atoms with Crippen molar-refractivity contribution < 1.29 is 9.84 Å². The summed E-state index contributed by atoms with van der Waals surface area (Å²) in [7, 11) is 0. The van der Waals surface area contributed by atoms with Gasteiger partial charge < -0.3 is 20.1 Å². The van der Waals surface area contributed by atoms with E-state index >= 15 is 0 Å². The van der Waals surface area contributed by atoms with Crippen molar-refractivity contribution in [3.63, 3.8) is 0 Å². The van der Waals surface area contributed by atoms with Crippen molar-refractivity contribution in [1.29, 1.82) is 0 Å². The van der Waals surface area contributed by atoms with Gasteiger partial charge in [-0.1, -0.05) is 0 Å². The summed E-state index contributed by atoms with van der Waals surface area (Å²) in [6.07, 6.45) is 14.0. The number of nitrogens with one attached hydrogen (secondary N) is 1. The van der Waals surface area contributed by atoms with Gasteiger partial charge in [0, 0.05) is 31.3 Å². The zero-order valence-corrected chi connectivity index (χ0v) is 15.9. The van der Waals surface area contributed by atoms with E-state index in [1.807, 2.05) is 0 Å². The molecule has 144 valence electrons. The van der Waals surface area contributed by atoms with Gasteiger partial charge >= 0.3 is 0 Å². The van der Waals surface area contributed by atoms with E-state index in [2.05, 4.69) is 10.2 Å². The Hall–Kier alpha value is -0.160. The van der Waals surface area contributed by atoms with Gasteiger partial charge in [-0.05, 0) is 95.6 Å². The predicted octanol–water partition coefficient (Wildman–Crippen LogP) is 2.94. The Morgan fingerprint density at radius 1 is 0.800 bits per heavy atom. The first-order valence-electron chi connectivity index (χ1n) is 11.0. The van der Waals surface area contributed by atoms with Gasteiger partial charge in [-0.15, -0.1) is 0 Å². The lowest BCUT2D eigenvalue weighted by Gasteiger charge is -2.41. The summed E-state index contributed by atoms with van der Waals surface area (Å²) in [5.74, 6) is 1.72. The molecule has 0 unspecified atom stereocenters. The molecule has 0 aromatic heterocycles. The molecule has 3 saturated carbocycles. The number of aliphatic hydroxyl groups is 1. The molecule has 1 heterocycles. The number of likely N-dealkylation sites (tertiary alicyclic amines) is 1. The molecule has 0 bridgehead atoms. The van der Waals surface area contributed by atoms with E-state index in [1.165, 1.54) is 70.9 Å². The van der Waals surface area contributed by atoms with E-state index < -0.39 is 0 Å². The summed E-state index contributed by atoms with van der Waals surface area (Å²) in [5.41, 5.74) is 0. The lowest BCUT2D eigenvalue weighted by molar-refractivity contribution is 0.0496. The van der Waals surface area contributed by atoms with Gasteiger partial charge in [-0.2, -0.15) is 0 Å². The van der Waals surface area contributed by atoms with Crippen molar-refractivity contribution in [2.45, 2.75) is 94.9 Å². The number of aliphatic hydroxyl groups excluding tert-OH is 1. The highest BCUT2D eigenvalue weighted by molar-refractivity contribution is 4.89. The van der Waals surface area contributed by atoms with Crippen LogP contribution in [0.2, 0.25) is 0 Å². The molecule has 4 fully saturated rings. The highest BCUT2D eigenvalue weighted by Gasteiger charge is 2.32. The van der Waals surface area contributed by atoms with Crippen molar-refractivity contribution in [2.24, 2.45) is 11.8 Å². The molecule has 3 aliphatic carbocycles. The molecule has 4 aliphatic rings. The van der Waals surface area contributed by atoms with E-state index in [0.717, 1.165) is 43.9 Å². The van der Waals surface area contributed by atoms with Crippen LogP contribution in [0.5, 0.6) is 0 Å². The molecule has 4 rings (SSSR count). The maximum atomic E-state index is 10.0. The molecule has 4 nitrogen and oxygen atoms in total. The average molecular weight is 351 g/mol. The molecule has 0 spiro atoms. The first-order chi connectivity index (χ1) is 12.3.